The average molecular weight is 226 g/mol. The molecule has 1 unspecified atom stereocenters. The van der Waals surface area contributed by atoms with Crippen LogP contribution in [0.1, 0.15) is 29.7 Å². The maximum Gasteiger partial charge on any atom is 0.0294 e. The van der Waals surface area contributed by atoms with E-state index in [0.717, 1.165) is 6.54 Å². The Balaban J connectivity index is 1.93. The van der Waals surface area contributed by atoms with E-state index in [1.807, 2.05) is 24.5 Å². The fourth-order valence-corrected chi connectivity index (χ4v) is 1.74. The molecule has 0 aliphatic carbocycles. The molecule has 1 aromatic carbocycles. The molecule has 1 N–H and O–H groups in total. The van der Waals surface area contributed by atoms with Crippen molar-refractivity contribution >= 4 is 0 Å². The smallest absolute Gasteiger partial charge is 0.0294 e. The topological polar surface area (TPSA) is 24.9 Å². The fourth-order valence-electron chi connectivity index (χ4n) is 1.74. The highest BCUT2D eigenvalue weighted by molar-refractivity contribution is 5.23. The second kappa shape index (κ2) is 5.60. The standard InChI is InChI=1S/C15H18N2/c1-12-3-5-15(6-4-12)13(2)17-11-14-7-9-16-10-8-14/h3-10,13,17H,11H2,1-2H3. The molecule has 0 aliphatic heterocycles. The molecular weight excluding hydrogens is 208 g/mol. The van der Waals surface area contributed by atoms with Gasteiger partial charge in [0.25, 0.3) is 0 Å². The van der Waals surface area contributed by atoms with E-state index in [9.17, 15) is 0 Å². The first-order chi connectivity index (χ1) is 8.25. The van der Waals surface area contributed by atoms with E-state index in [1.165, 1.54) is 16.7 Å². The third-order valence-electron chi connectivity index (χ3n) is 2.94. The van der Waals surface area contributed by atoms with Crippen molar-refractivity contribution < 1.29 is 0 Å². The van der Waals surface area contributed by atoms with Crippen LogP contribution in [0.4, 0.5) is 0 Å². The lowest BCUT2D eigenvalue weighted by Crippen LogP contribution is -2.17. The summed E-state index contributed by atoms with van der Waals surface area (Å²) in [5, 5.41) is 3.51. The number of hydrogen-bond donors (Lipinski definition) is 1. The zero-order valence-electron chi connectivity index (χ0n) is 10.4. The zero-order valence-corrected chi connectivity index (χ0v) is 10.4. The van der Waals surface area contributed by atoms with Gasteiger partial charge in [-0.15, -0.1) is 0 Å². The van der Waals surface area contributed by atoms with E-state index < -0.39 is 0 Å². The van der Waals surface area contributed by atoms with Crippen molar-refractivity contribution in [2.45, 2.75) is 26.4 Å². The van der Waals surface area contributed by atoms with Crippen LogP contribution in [0.5, 0.6) is 0 Å². The predicted octanol–water partition coefficient (Wildman–Crippen LogP) is 3.24. The van der Waals surface area contributed by atoms with E-state index in [1.54, 1.807) is 0 Å². The fraction of sp³-hybridized carbons (Fsp3) is 0.267. The number of benzene rings is 1. The van der Waals surface area contributed by atoms with Crippen LogP contribution < -0.4 is 5.32 Å². The Morgan fingerprint density at radius 1 is 1.06 bits per heavy atom. The van der Waals surface area contributed by atoms with Crippen LogP contribution >= 0.6 is 0 Å². The normalized spacial score (nSPS) is 12.4. The van der Waals surface area contributed by atoms with Gasteiger partial charge in [-0.25, -0.2) is 0 Å². The average Bonchev–Trinajstić information content (AvgIpc) is 2.38. The maximum atomic E-state index is 4.01. The van der Waals surface area contributed by atoms with Crippen molar-refractivity contribution in [2.24, 2.45) is 0 Å². The highest BCUT2D eigenvalue weighted by Gasteiger charge is 2.03. The lowest BCUT2D eigenvalue weighted by atomic mass is 10.1. The highest BCUT2D eigenvalue weighted by atomic mass is 14.9. The van der Waals surface area contributed by atoms with Crippen molar-refractivity contribution in [1.29, 1.82) is 0 Å². The van der Waals surface area contributed by atoms with Crippen LogP contribution in [0.25, 0.3) is 0 Å². The van der Waals surface area contributed by atoms with E-state index in [4.69, 9.17) is 0 Å². The van der Waals surface area contributed by atoms with Gasteiger partial charge in [0.05, 0.1) is 0 Å². The summed E-state index contributed by atoms with van der Waals surface area (Å²) in [6.07, 6.45) is 3.65. The summed E-state index contributed by atoms with van der Waals surface area (Å²) in [5.74, 6) is 0. The number of nitrogens with one attached hydrogen (secondary N) is 1. The predicted molar refractivity (Wildman–Crippen MR) is 70.7 cm³/mol. The summed E-state index contributed by atoms with van der Waals surface area (Å²) in [6.45, 7) is 5.17. The minimum Gasteiger partial charge on any atom is -0.306 e. The molecule has 0 fully saturated rings. The second-order valence-corrected chi connectivity index (χ2v) is 4.37. The second-order valence-electron chi connectivity index (χ2n) is 4.37. The van der Waals surface area contributed by atoms with E-state index in [-0.39, 0.29) is 0 Å². The molecule has 0 bridgehead atoms. The van der Waals surface area contributed by atoms with Crippen LogP contribution in [-0.2, 0) is 6.54 Å². The Hall–Kier alpha value is -1.67. The lowest BCUT2D eigenvalue weighted by Gasteiger charge is -2.14. The Morgan fingerprint density at radius 2 is 1.71 bits per heavy atom. The lowest BCUT2D eigenvalue weighted by molar-refractivity contribution is 0.574. The molecule has 0 aliphatic rings. The maximum absolute atomic E-state index is 4.01. The minimum absolute atomic E-state index is 0.365. The molecule has 1 heterocycles. The summed E-state index contributed by atoms with van der Waals surface area (Å²) in [4.78, 5) is 4.01. The minimum atomic E-state index is 0.365. The molecule has 0 amide bonds. The zero-order chi connectivity index (χ0) is 12.1. The van der Waals surface area contributed by atoms with Crippen molar-refractivity contribution in [3.63, 3.8) is 0 Å². The van der Waals surface area contributed by atoms with Crippen LogP contribution in [0, 0.1) is 6.92 Å². The van der Waals surface area contributed by atoms with Crippen LogP contribution in [0.15, 0.2) is 48.8 Å². The summed E-state index contributed by atoms with van der Waals surface area (Å²) >= 11 is 0. The summed E-state index contributed by atoms with van der Waals surface area (Å²) < 4.78 is 0. The van der Waals surface area contributed by atoms with Crippen molar-refractivity contribution in [1.82, 2.24) is 10.3 Å². The molecule has 88 valence electrons. The van der Waals surface area contributed by atoms with Crippen molar-refractivity contribution in [3.8, 4) is 0 Å². The van der Waals surface area contributed by atoms with Crippen molar-refractivity contribution in [3.05, 3.63) is 65.5 Å². The SMILES string of the molecule is Cc1ccc(C(C)NCc2ccncc2)cc1. The summed E-state index contributed by atoms with van der Waals surface area (Å²) in [5.41, 5.74) is 3.89. The van der Waals surface area contributed by atoms with Gasteiger partial charge in [0.15, 0.2) is 0 Å². The highest BCUT2D eigenvalue weighted by Crippen LogP contribution is 2.13. The molecule has 2 heteroatoms. The molecule has 0 spiro atoms. The van der Waals surface area contributed by atoms with E-state index >= 15 is 0 Å². The Kier molecular flexibility index (Phi) is 3.89. The summed E-state index contributed by atoms with van der Waals surface area (Å²) in [7, 11) is 0. The molecule has 17 heavy (non-hydrogen) atoms. The molecule has 2 aromatic rings. The molecule has 0 radical (unpaired) electrons. The molecule has 0 saturated carbocycles. The molecule has 2 rings (SSSR count). The monoisotopic (exact) mass is 226 g/mol. The Bertz CT molecular complexity index is 448. The number of pyridine rings is 1. The number of aromatic nitrogens is 1. The first kappa shape index (κ1) is 11.8. The molecule has 1 aromatic heterocycles. The third-order valence-corrected chi connectivity index (χ3v) is 2.94. The van der Waals surface area contributed by atoms with E-state index in [0.29, 0.717) is 6.04 Å². The van der Waals surface area contributed by atoms with Gasteiger partial charge in [0, 0.05) is 25.0 Å². The Labute approximate surface area is 103 Å². The number of aryl methyl sites for hydroxylation is 1. The first-order valence-corrected chi connectivity index (χ1v) is 5.94. The number of rotatable bonds is 4. The molecule has 0 saturated heterocycles. The van der Waals surface area contributed by atoms with Gasteiger partial charge in [0.2, 0.25) is 0 Å². The Morgan fingerprint density at radius 3 is 2.35 bits per heavy atom. The number of hydrogen-bond acceptors (Lipinski definition) is 2. The molecule has 2 nitrogen and oxygen atoms in total. The van der Waals surface area contributed by atoms with Gasteiger partial charge in [-0.05, 0) is 37.1 Å². The summed E-state index contributed by atoms with van der Waals surface area (Å²) in [6, 6.07) is 13.1. The number of nitrogens with zero attached hydrogens (tertiary/aromatic N) is 1. The molecule has 1 atom stereocenters. The van der Waals surface area contributed by atoms with Crippen molar-refractivity contribution in [2.75, 3.05) is 0 Å². The van der Waals surface area contributed by atoms with Gasteiger partial charge in [-0.1, -0.05) is 29.8 Å². The first-order valence-electron chi connectivity index (χ1n) is 5.94. The third kappa shape index (κ3) is 3.40. The van der Waals surface area contributed by atoms with Gasteiger partial charge < -0.3 is 5.32 Å². The van der Waals surface area contributed by atoms with Gasteiger partial charge in [-0.2, -0.15) is 0 Å². The molecular formula is C15H18N2. The van der Waals surface area contributed by atoms with Crippen LogP contribution in [0.3, 0.4) is 0 Å². The van der Waals surface area contributed by atoms with Gasteiger partial charge in [0.1, 0.15) is 0 Å². The van der Waals surface area contributed by atoms with Crippen LogP contribution in [0.2, 0.25) is 0 Å². The largest absolute Gasteiger partial charge is 0.306 e. The van der Waals surface area contributed by atoms with Gasteiger partial charge in [-0.3, -0.25) is 4.98 Å². The van der Waals surface area contributed by atoms with Crippen LogP contribution in [-0.4, -0.2) is 4.98 Å². The van der Waals surface area contributed by atoms with E-state index in [2.05, 4.69) is 48.4 Å². The quantitative estimate of drug-likeness (QED) is 0.865. The van der Waals surface area contributed by atoms with Gasteiger partial charge >= 0.3 is 0 Å².